The molecular formula is C16H21NO2. The van der Waals surface area contributed by atoms with Crippen LogP contribution in [0.25, 0.3) is 0 Å². The van der Waals surface area contributed by atoms with Crippen molar-refractivity contribution in [2.45, 2.75) is 51.0 Å². The third-order valence-corrected chi connectivity index (χ3v) is 4.53. The van der Waals surface area contributed by atoms with E-state index < -0.39 is 5.97 Å². The molecule has 1 N–H and O–H groups in total. The number of nitrogens with zero attached hydrogens (tertiary/aromatic N) is 1. The second-order valence-electron chi connectivity index (χ2n) is 5.70. The zero-order valence-electron chi connectivity index (χ0n) is 11.3. The fourth-order valence-corrected chi connectivity index (χ4v) is 3.63. The van der Waals surface area contributed by atoms with Crippen LogP contribution in [0.5, 0.6) is 0 Å². The Morgan fingerprint density at radius 3 is 2.68 bits per heavy atom. The minimum absolute atomic E-state index is 0.498. The van der Waals surface area contributed by atoms with Gasteiger partial charge in [0, 0.05) is 18.3 Å². The minimum Gasteiger partial charge on any atom is -0.478 e. The number of fused-ring (bicyclic) bond motifs is 1. The lowest BCUT2D eigenvalue weighted by Gasteiger charge is -2.40. The van der Waals surface area contributed by atoms with E-state index in [1.807, 2.05) is 6.07 Å². The summed E-state index contributed by atoms with van der Waals surface area (Å²) in [6.07, 6.45) is 8.49. The largest absolute Gasteiger partial charge is 0.478 e. The molecule has 0 amide bonds. The number of carboxylic acids is 1. The predicted molar refractivity (Wildman–Crippen MR) is 75.9 cm³/mol. The molecule has 0 aromatic heterocycles. The summed E-state index contributed by atoms with van der Waals surface area (Å²) in [5.41, 5.74) is 2.72. The van der Waals surface area contributed by atoms with Gasteiger partial charge in [-0.05, 0) is 43.4 Å². The first-order valence-corrected chi connectivity index (χ1v) is 7.39. The molecule has 3 nitrogen and oxygen atoms in total. The van der Waals surface area contributed by atoms with Crippen LogP contribution in [0.1, 0.15) is 54.4 Å². The highest BCUT2D eigenvalue weighted by Crippen LogP contribution is 2.35. The molecule has 2 aliphatic rings. The van der Waals surface area contributed by atoms with E-state index in [2.05, 4.69) is 11.0 Å². The van der Waals surface area contributed by atoms with Crippen molar-refractivity contribution in [2.24, 2.45) is 0 Å². The molecule has 1 heterocycles. The fraction of sp³-hybridized carbons (Fsp3) is 0.562. The SMILES string of the molecule is O=C(O)c1cccc2c1CCCN2C1CCCCC1. The van der Waals surface area contributed by atoms with Crippen molar-refractivity contribution in [1.29, 1.82) is 0 Å². The molecule has 19 heavy (non-hydrogen) atoms. The van der Waals surface area contributed by atoms with Crippen LogP contribution >= 0.6 is 0 Å². The minimum atomic E-state index is -0.789. The summed E-state index contributed by atoms with van der Waals surface area (Å²) in [5, 5.41) is 9.32. The van der Waals surface area contributed by atoms with Gasteiger partial charge in [-0.1, -0.05) is 25.3 Å². The monoisotopic (exact) mass is 259 g/mol. The van der Waals surface area contributed by atoms with Crippen molar-refractivity contribution in [1.82, 2.24) is 0 Å². The summed E-state index contributed by atoms with van der Waals surface area (Å²) in [5.74, 6) is -0.789. The quantitative estimate of drug-likeness (QED) is 0.884. The highest BCUT2D eigenvalue weighted by molar-refractivity contribution is 5.91. The van der Waals surface area contributed by atoms with Gasteiger partial charge < -0.3 is 10.0 Å². The Bertz CT molecular complexity index is 478. The summed E-state index contributed by atoms with van der Waals surface area (Å²) >= 11 is 0. The van der Waals surface area contributed by atoms with Crippen molar-refractivity contribution in [3.05, 3.63) is 29.3 Å². The number of aromatic carboxylic acids is 1. The van der Waals surface area contributed by atoms with Crippen molar-refractivity contribution in [3.8, 4) is 0 Å². The van der Waals surface area contributed by atoms with Crippen LogP contribution in [-0.2, 0) is 6.42 Å². The molecule has 1 fully saturated rings. The Hall–Kier alpha value is -1.51. The molecule has 1 aromatic carbocycles. The molecule has 102 valence electrons. The summed E-state index contributed by atoms with van der Waals surface area (Å²) in [6, 6.07) is 6.36. The molecule has 0 bridgehead atoms. The van der Waals surface area contributed by atoms with Crippen LogP contribution < -0.4 is 4.90 Å². The topological polar surface area (TPSA) is 40.5 Å². The van der Waals surface area contributed by atoms with Gasteiger partial charge in [-0.25, -0.2) is 4.79 Å². The number of benzene rings is 1. The van der Waals surface area contributed by atoms with Crippen LogP contribution in [0.2, 0.25) is 0 Å². The van der Waals surface area contributed by atoms with Gasteiger partial charge in [0.25, 0.3) is 0 Å². The van der Waals surface area contributed by atoms with Crippen LogP contribution in [-0.4, -0.2) is 23.7 Å². The molecule has 1 saturated carbocycles. The van der Waals surface area contributed by atoms with Crippen LogP contribution in [0.15, 0.2) is 18.2 Å². The van der Waals surface area contributed by atoms with Crippen molar-refractivity contribution < 1.29 is 9.90 Å². The van der Waals surface area contributed by atoms with Gasteiger partial charge in [-0.15, -0.1) is 0 Å². The van der Waals surface area contributed by atoms with Crippen LogP contribution in [0.3, 0.4) is 0 Å². The average molecular weight is 259 g/mol. The Labute approximate surface area is 114 Å². The Kier molecular flexibility index (Phi) is 3.45. The number of hydrogen-bond acceptors (Lipinski definition) is 2. The molecule has 1 aromatic rings. The van der Waals surface area contributed by atoms with E-state index in [4.69, 9.17) is 0 Å². The van der Waals surface area contributed by atoms with E-state index in [9.17, 15) is 9.90 Å². The molecule has 0 radical (unpaired) electrons. The first kappa shape index (κ1) is 12.5. The molecule has 3 heteroatoms. The first-order valence-electron chi connectivity index (χ1n) is 7.39. The average Bonchev–Trinajstić information content (AvgIpc) is 2.46. The summed E-state index contributed by atoms with van der Waals surface area (Å²) < 4.78 is 0. The zero-order valence-corrected chi connectivity index (χ0v) is 11.3. The van der Waals surface area contributed by atoms with E-state index in [1.54, 1.807) is 6.07 Å². The van der Waals surface area contributed by atoms with Gasteiger partial charge >= 0.3 is 5.97 Å². The maximum Gasteiger partial charge on any atom is 0.336 e. The fourth-order valence-electron chi connectivity index (χ4n) is 3.63. The van der Waals surface area contributed by atoms with Gasteiger partial charge in [0.05, 0.1) is 5.56 Å². The van der Waals surface area contributed by atoms with Crippen molar-refractivity contribution >= 4 is 11.7 Å². The maximum atomic E-state index is 11.3. The third-order valence-electron chi connectivity index (χ3n) is 4.53. The van der Waals surface area contributed by atoms with E-state index >= 15 is 0 Å². The van der Waals surface area contributed by atoms with E-state index in [1.165, 1.54) is 37.8 Å². The van der Waals surface area contributed by atoms with Crippen molar-refractivity contribution in [3.63, 3.8) is 0 Å². The van der Waals surface area contributed by atoms with Gasteiger partial charge in [0.1, 0.15) is 0 Å². The highest BCUT2D eigenvalue weighted by Gasteiger charge is 2.27. The van der Waals surface area contributed by atoms with Gasteiger partial charge in [-0.2, -0.15) is 0 Å². The molecule has 3 rings (SSSR count). The molecule has 0 spiro atoms. The number of carboxylic acid groups (broad SMARTS) is 1. The first-order chi connectivity index (χ1) is 9.27. The molecule has 1 aliphatic carbocycles. The molecular weight excluding hydrogens is 238 g/mol. The van der Waals surface area contributed by atoms with Gasteiger partial charge in [-0.3, -0.25) is 0 Å². The lowest BCUT2D eigenvalue weighted by molar-refractivity contribution is 0.0695. The summed E-state index contributed by atoms with van der Waals surface area (Å²) in [6.45, 7) is 1.08. The smallest absolute Gasteiger partial charge is 0.336 e. The van der Waals surface area contributed by atoms with Crippen molar-refractivity contribution in [2.75, 3.05) is 11.4 Å². The highest BCUT2D eigenvalue weighted by atomic mass is 16.4. The third kappa shape index (κ3) is 2.34. The Morgan fingerprint density at radius 1 is 1.16 bits per heavy atom. The lowest BCUT2D eigenvalue weighted by atomic mass is 9.90. The molecule has 1 aliphatic heterocycles. The van der Waals surface area contributed by atoms with E-state index in [-0.39, 0.29) is 0 Å². The normalized spacial score (nSPS) is 20.1. The maximum absolute atomic E-state index is 11.3. The molecule has 0 atom stereocenters. The van der Waals surface area contributed by atoms with Crippen LogP contribution in [0, 0.1) is 0 Å². The second-order valence-corrected chi connectivity index (χ2v) is 5.70. The van der Waals surface area contributed by atoms with E-state index in [0.717, 1.165) is 24.9 Å². The molecule has 0 saturated heterocycles. The lowest BCUT2D eigenvalue weighted by Crippen LogP contribution is -2.40. The van der Waals surface area contributed by atoms with E-state index in [0.29, 0.717) is 11.6 Å². The summed E-state index contributed by atoms with van der Waals surface area (Å²) in [7, 11) is 0. The zero-order chi connectivity index (χ0) is 13.2. The molecule has 0 unspecified atom stereocenters. The summed E-state index contributed by atoms with van der Waals surface area (Å²) in [4.78, 5) is 13.8. The van der Waals surface area contributed by atoms with Gasteiger partial charge in [0.2, 0.25) is 0 Å². The Balaban J connectivity index is 1.95. The second kappa shape index (κ2) is 5.24. The predicted octanol–water partition coefficient (Wildman–Crippen LogP) is 3.47. The number of carbonyl (C=O) groups is 1. The standard InChI is InChI=1S/C16H21NO2/c18-16(19)14-8-4-10-15-13(14)9-5-11-17(15)12-6-2-1-3-7-12/h4,8,10,12H,1-3,5-7,9,11H2,(H,18,19). The number of rotatable bonds is 2. The Morgan fingerprint density at radius 2 is 1.95 bits per heavy atom. The number of anilines is 1. The van der Waals surface area contributed by atoms with Gasteiger partial charge in [0.15, 0.2) is 0 Å². The number of hydrogen-bond donors (Lipinski definition) is 1. The van der Waals surface area contributed by atoms with Crippen LogP contribution in [0.4, 0.5) is 5.69 Å².